The maximum atomic E-state index is 16.3. The van der Waals surface area contributed by atoms with Gasteiger partial charge in [-0.3, -0.25) is 4.79 Å². The molecule has 252 valence electrons. The van der Waals surface area contributed by atoms with E-state index in [4.69, 9.17) is 18.9 Å². The standard InChI is InChI=1S/C39H48FNO6/c1-24(41-37(43)47-39(5,6)7)29-12-10-13-30(35(29)40)28-21-27(18-17-25-15-16-25)36-31(22-28)33(19-20-44-36)45-32-14-9-8-11-26(32)23-34(42)46-38(2,3)4/h8-14,21-22,24-25,33H,15-20,23H2,1-7H3,(H,41,43)/t24-,33?/m1/s1. The van der Waals surface area contributed by atoms with E-state index < -0.39 is 29.2 Å². The van der Waals surface area contributed by atoms with Crippen molar-refractivity contribution in [2.45, 2.75) is 110 Å². The SMILES string of the molecule is C[C@@H](NC(=O)OC(C)(C)C)c1cccc(-c2cc(CCC3CC3)c3c(c2)C(Oc2ccccc2CC(=O)OC(C)(C)C)CCO3)c1F. The number of esters is 1. The van der Waals surface area contributed by atoms with Gasteiger partial charge in [-0.25, -0.2) is 9.18 Å². The summed E-state index contributed by atoms with van der Waals surface area (Å²) in [6.45, 7) is 13.1. The van der Waals surface area contributed by atoms with E-state index in [1.165, 1.54) is 12.8 Å². The van der Waals surface area contributed by atoms with Crippen molar-refractivity contribution in [1.29, 1.82) is 0 Å². The summed E-state index contributed by atoms with van der Waals surface area (Å²) < 4.78 is 40.2. The number of ether oxygens (including phenoxy) is 4. The molecule has 2 aliphatic rings. The van der Waals surface area contributed by atoms with E-state index in [0.717, 1.165) is 40.8 Å². The second kappa shape index (κ2) is 14.0. The lowest BCUT2D eigenvalue weighted by molar-refractivity contribution is -0.153. The Morgan fingerprint density at radius 3 is 2.36 bits per heavy atom. The third-order valence-corrected chi connectivity index (χ3v) is 8.22. The van der Waals surface area contributed by atoms with E-state index in [1.807, 2.05) is 63.2 Å². The van der Waals surface area contributed by atoms with Crippen molar-refractivity contribution < 1.29 is 32.9 Å². The molecular formula is C39H48FNO6. The molecule has 1 N–H and O–H groups in total. The van der Waals surface area contributed by atoms with Gasteiger partial charge in [0.1, 0.15) is 34.6 Å². The number of halogens is 1. The number of carbonyl (C=O) groups is 2. The average Bonchev–Trinajstić information content (AvgIpc) is 3.80. The summed E-state index contributed by atoms with van der Waals surface area (Å²) in [5.41, 5.74) is 2.90. The Hall–Kier alpha value is -4.07. The molecule has 1 unspecified atom stereocenters. The van der Waals surface area contributed by atoms with Gasteiger partial charge in [0.25, 0.3) is 0 Å². The lowest BCUT2D eigenvalue weighted by atomic mass is 9.90. The van der Waals surface area contributed by atoms with Gasteiger partial charge in [0.05, 0.1) is 19.1 Å². The molecule has 47 heavy (non-hydrogen) atoms. The molecule has 1 aliphatic heterocycles. The predicted molar refractivity (Wildman–Crippen MR) is 180 cm³/mol. The third-order valence-electron chi connectivity index (χ3n) is 8.22. The van der Waals surface area contributed by atoms with E-state index in [1.54, 1.807) is 39.8 Å². The van der Waals surface area contributed by atoms with Crippen LogP contribution in [0.25, 0.3) is 11.1 Å². The van der Waals surface area contributed by atoms with E-state index in [9.17, 15) is 9.59 Å². The van der Waals surface area contributed by atoms with E-state index in [-0.39, 0.29) is 18.5 Å². The summed E-state index contributed by atoms with van der Waals surface area (Å²) in [4.78, 5) is 25.2. The molecule has 0 saturated heterocycles. The minimum Gasteiger partial charge on any atom is -0.493 e. The largest absolute Gasteiger partial charge is 0.493 e. The molecule has 3 aromatic rings. The molecule has 2 atom stereocenters. The molecule has 0 bridgehead atoms. The Bertz CT molecular complexity index is 1600. The van der Waals surface area contributed by atoms with E-state index >= 15 is 4.39 Å². The maximum absolute atomic E-state index is 16.3. The number of amides is 1. The number of aryl methyl sites for hydroxylation is 1. The second-order valence-corrected chi connectivity index (χ2v) is 14.7. The van der Waals surface area contributed by atoms with Crippen LogP contribution in [0, 0.1) is 11.7 Å². The van der Waals surface area contributed by atoms with Crippen LogP contribution < -0.4 is 14.8 Å². The first kappa shape index (κ1) is 34.3. The minimum absolute atomic E-state index is 0.0870. The molecular weight excluding hydrogens is 597 g/mol. The van der Waals surface area contributed by atoms with Gasteiger partial charge in [0.2, 0.25) is 0 Å². The van der Waals surface area contributed by atoms with Crippen LogP contribution in [0.2, 0.25) is 0 Å². The summed E-state index contributed by atoms with van der Waals surface area (Å²) in [5.74, 6) is 1.39. The fourth-order valence-electron chi connectivity index (χ4n) is 5.90. The van der Waals surface area contributed by atoms with Crippen LogP contribution in [0.5, 0.6) is 11.5 Å². The van der Waals surface area contributed by atoms with E-state index in [2.05, 4.69) is 5.32 Å². The van der Waals surface area contributed by atoms with Gasteiger partial charge in [-0.1, -0.05) is 49.2 Å². The van der Waals surface area contributed by atoms with Crippen LogP contribution in [0.1, 0.15) is 109 Å². The number of benzene rings is 3. The minimum atomic E-state index is -0.666. The topological polar surface area (TPSA) is 83.1 Å². The van der Waals surface area contributed by atoms with Gasteiger partial charge in [-0.05, 0) is 96.6 Å². The molecule has 5 rings (SSSR count). The molecule has 0 spiro atoms. The van der Waals surface area contributed by atoms with Gasteiger partial charge in [-0.2, -0.15) is 0 Å². The Morgan fingerprint density at radius 1 is 0.936 bits per heavy atom. The molecule has 8 heteroatoms. The number of hydrogen-bond donors (Lipinski definition) is 1. The Balaban J connectivity index is 1.48. The summed E-state index contributed by atoms with van der Waals surface area (Å²) >= 11 is 0. The number of carbonyl (C=O) groups excluding carboxylic acids is 2. The van der Waals surface area contributed by atoms with Gasteiger partial charge in [0, 0.05) is 28.7 Å². The molecule has 3 aromatic carbocycles. The first-order chi connectivity index (χ1) is 22.2. The molecule has 1 amide bonds. The number of nitrogens with one attached hydrogen (secondary N) is 1. The lowest BCUT2D eigenvalue weighted by Crippen LogP contribution is -2.34. The van der Waals surface area contributed by atoms with Crippen LogP contribution in [-0.2, 0) is 27.1 Å². The zero-order chi connectivity index (χ0) is 33.9. The van der Waals surface area contributed by atoms with Crippen LogP contribution in [0.3, 0.4) is 0 Å². The summed E-state index contributed by atoms with van der Waals surface area (Å²) in [6, 6.07) is 16.2. The van der Waals surface area contributed by atoms with Crippen molar-refractivity contribution in [3.05, 3.63) is 82.7 Å². The van der Waals surface area contributed by atoms with Crippen LogP contribution in [-0.4, -0.2) is 29.9 Å². The lowest BCUT2D eigenvalue weighted by Gasteiger charge is -2.30. The number of rotatable bonds is 10. The fraction of sp³-hybridized carbons (Fsp3) is 0.487. The van der Waals surface area contributed by atoms with Crippen molar-refractivity contribution in [2.24, 2.45) is 5.92 Å². The molecule has 1 fully saturated rings. The number of fused-ring (bicyclic) bond motifs is 1. The monoisotopic (exact) mass is 645 g/mol. The summed E-state index contributed by atoms with van der Waals surface area (Å²) in [6.07, 6.45) is 4.06. The van der Waals surface area contributed by atoms with Crippen LogP contribution in [0.15, 0.2) is 54.6 Å². The number of para-hydroxylation sites is 1. The van der Waals surface area contributed by atoms with Crippen LogP contribution >= 0.6 is 0 Å². The van der Waals surface area contributed by atoms with Gasteiger partial charge in [-0.15, -0.1) is 0 Å². The van der Waals surface area contributed by atoms with Gasteiger partial charge < -0.3 is 24.3 Å². The predicted octanol–water partition coefficient (Wildman–Crippen LogP) is 9.21. The fourth-order valence-corrected chi connectivity index (χ4v) is 5.90. The first-order valence-electron chi connectivity index (χ1n) is 16.7. The third kappa shape index (κ3) is 9.27. The molecule has 1 heterocycles. The van der Waals surface area contributed by atoms with E-state index in [0.29, 0.717) is 35.8 Å². The average molecular weight is 646 g/mol. The molecule has 0 aromatic heterocycles. The van der Waals surface area contributed by atoms with Crippen molar-refractivity contribution >= 4 is 12.1 Å². The smallest absolute Gasteiger partial charge is 0.408 e. The number of alkyl carbamates (subject to hydrolysis) is 1. The van der Waals surface area contributed by atoms with Crippen molar-refractivity contribution in [3.63, 3.8) is 0 Å². The van der Waals surface area contributed by atoms with Crippen molar-refractivity contribution in [3.8, 4) is 22.6 Å². The summed E-state index contributed by atoms with van der Waals surface area (Å²) in [5, 5.41) is 2.76. The highest BCUT2D eigenvalue weighted by Gasteiger charge is 2.30. The highest BCUT2D eigenvalue weighted by atomic mass is 19.1. The van der Waals surface area contributed by atoms with Crippen molar-refractivity contribution in [1.82, 2.24) is 5.32 Å². The zero-order valence-electron chi connectivity index (χ0n) is 28.7. The number of hydrogen-bond acceptors (Lipinski definition) is 6. The zero-order valence-corrected chi connectivity index (χ0v) is 28.7. The first-order valence-corrected chi connectivity index (χ1v) is 16.7. The normalized spacial score (nSPS) is 16.8. The molecule has 7 nitrogen and oxygen atoms in total. The quantitative estimate of drug-likeness (QED) is 0.221. The van der Waals surface area contributed by atoms with Crippen molar-refractivity contribution in [2.75, 3.05) is 6.61 Å². The highest BCUT2D eigenvalue weighted by Crippen LogP contribution is 2.44. The Labute approximate surface area is 278 Å². The Kier molecular flexibility index (Phi) is 10.2. The highest BCUT2D eigenvalue weighted by molar-refractivity contribution is 5.74. The van der Waals surface area contributed by atoms with Crippen LogP contribution in [0.4, 0.5) is 9.18 Å². The second-order valence-electron chi connectivity index (χ2n) is 14.7. The van der Waals surface area contributed by atoms with Gasteiger partial charge in [0.15, 0.2) is 0 Å². The summed E-state index contributed by atoms with van der Waals surface area (Å²) in [7, 11) is 0. The Morgan fingerprint density at radius 2 is 1.66 bits per heavy atom. The maximum Gasteiger partial charge on any atom is 0.408 e. The molecule has 0 radical (unpaired) electrons. The molecule has 1 saturated carbocycles. The molecule has 1 aliphatic carbocycles. The van der Waals surface area contributed by atoms with Gasteiger partial charge >= 0.3 is 12.1 Å².